The van der Waals surface area contributed by atoms with Crippen LogP contribution in [0.1, 0.15) is 43.0 Å². The molecule has 0 unspecified atom stereocenters. The first-order chi connectivity index (χ1) is 19.4. The number of sulfonamides is 1. The summed E-state index contributed by atoms with van der Waals surface area (Å²) in [5, 5.41) is 2.92. The molecule has 0 heterocycles. The van der Waals surface area contributed by atoms with Gasteiger partial charge < -0.3 is 10.2 Å². The Labute approximate surface area is 245 Å². The fourth-order valence-corrected chi connectivity index (χ4v) is 5.31. The van der Waals surface area contributed by atoms with E-state index in [2.05, 4.69) is 5.32 Å². The Kier molecular flexibility index (Phi) is 10.1. The number of nitrogens with zero attached hydrogens (tertiary/aromatic N) is 2. The van der Waals surface area contributed by atoms with Crippen LogP contribution in [0.3, 0.4) is 0 Å². The molecule has 3 aromatic rings. The van der Waals surface area contributed by atoms with Crippen LogP contribution in [-0.2, 0) is 38.8 Å². The van der Waals surface area contributed by atoms with Crippen molar-refractivity contribution in [2.75, 3.05) is 17.1 Å². The summed E-state index contributed by atoms with van der Waals surface area (Å²) in [6.07, 6.45) is -3.77. The van der Waals surface area contributed by atoms with Crippen LogP contribution in [0.15, 0.2) is 78.9 Å². The van der Waals surface area contributed by atoms with E-state index in [0.717, 1.165) is 29.5 Å². The van der Waals surface area contributed by atoms with E-state index in [1.165, 1.54) is 11.0 Å². The first-order valence-electron chi connectivity index (χ1n) is 13.3. The summed E-state index contributed by atoms with van der Waals surface area (Å²) in [6.45, 7) is 6.45. The number of halogens is 3. The van der Waals surface area contributed by atoms with E-state index in [1.807, 2.05) is 37.3 Å². The highest BCUT2D eigenvalue weighted by Gasteiger charge is 2.35. The fourth-order valence-electron chi connectivity index (χ4n) is 4.47. The normalized spacial score (nSPS) is 12.9. The molecule has 0 aliphatic heterocycles. The van der Waals surface area contributed by atoms with Crippen LogP contribution < -0.4 is 9.62 Å². The van der Waals surface area contributed by atoms with Crippen LogP contribution in [0, 0.1) is 6.92 Å². The first-order valence-corrected chi connectivity index (χ1v) is 15.1. The lowest BCUT2D eigenvalue weighted by Gasteiger charge is -2.35. The molecule has 0 aliphatic carbocycles. The Morgan fingerprint density at radius 3 is 2.07 bits per heavy atom. The Bertz CT molecular complexity index is 1500. The number of benzene rings is 3. The van der Waals surface area contributed by atoms with E-state index in [9.17, 15) is 31.2 Å². The van der Waals surface area contributed by atoms with Crippen molar-refractivity contribution in [2.24, 2.45) is 0 Å². The van der Waals surface area contributed by atoms with Crippen LogP contribution >= 0.6 is 0 Å². The molecule has 7 nitrogen and oxygen atoms in total. The van der Waals surface area contributed by atoms with Gasteiger partial charge in [-0.3, -0.25) is 13.9 Å². The molecule has 1 atom stereocenters. The zero-order valence-corrected chi connectivity index (χ0v) is 25.1. The quantitative estimate of drug-likeness (QED) is 0.339. The topological polar surface area (TPSA) is 86.8 Å². The maximum absolute atomic E-state index is 14.1. The molecular weight excluding hydrogens is 567 g/mol. The average molecular weight is 604 g/mol. The Morgan fingerprint density at radius 1 is 0.881 bits per heavy atom. The summed E-state index contributed by atoms with van der Waals surface area (Å²) < 4.78 is 66.6. The van der Waals surface area contributed by atoms with Gasteiger partial charge >= 0.3 is 6.18 Å². The zero-order valence-electron chi connectivity index (χ0n) is 24.3. The predicted molar refractivity (Wildman–Crippen MR) is 157 cm³/mol. The molecule has 0 fully saturated rings. The lowest BCUT2D eigenvalue weighted by Crippen LogP contribution is -2.56. The first kappa shape index (κ1) is 32.7. The summed E-state index contributed by atoms with van der Waals surface area (Å²) >= 11 is 0. The van der Waals surface area contributed by atoms with Crippen molar-refractivity contribution in [1.29, 1.82) is 0 Å². The zero-order chi connectivity index (χ0) is 31.3. The van der Waals surface area contributed by atoms with E-state index >= 15 is 0 Å². The summed E-state index contributed by atoms with van der Waals surface area (Å²) in [5.41, 5.74) is 0.391. The molecule has 2 amide bonds. The van der Waals surface area contributed by atoms with Gasteiger partial charge in [0.15, 0.2) is 0 Å². The SMILES string of the molecule is Cc1cccc(CN(C(=O)CN(c2cccc(C(F)(F)F)c2)S(C)(=O)=O)[C@H](Cc2ccccc2)C(=O)NC(C)(C)C)c1. The minimum Gasteiger partial charge on any atom is -0.350 e. The number of carbonyl (C=O) groups is 2. The van der Waals surface area contributed by atoms with Gasteiger partial charge in [0.25, 0.3) is 0 Å². The van der Waals surface area contributed by atoms with Gasteiger partial charge in [0, 0.05) is 18.5 Å². The number of carbonyl (C=O) groups excluding carboxylic acids is 2. The molecule has 42 heavy (non-hydrogen) atoms. The number of nitrogens with one attached hydrogen (secondary N) is 1. The van der Waals surface area contributed by atoms with E-state index in [4.69, 9.17) is 0 Å². The fraction of sp³-hybridized carbons (Fsp3) is 0.355. The highest BCUT2D eigenvalue weighted by Crippen LogP contribution is 2.32. The second-order valence-corrected chi connectivity index (χ2v) is 13.2. The molecule has 1 N–H and O–H groups in total. The van der Waals surface area contributed by atoms with Crippen LogP contribution in [0.4, 0.5) is 18.9 Å². The molecule has 0 radical (unpaired) electrons. The standard InChI is InChI=1S/C31H36F3N3O4S/c1-22-11-9-14-24(17-22)20-36(27(29(39)35-30(2,3)4)18-23-12-7-6-8-13-23)28(38)21-37(42(5,40)41)26-16-10-15-25(19-26)31(32,33)34/h6-17,19,27H,18,20-21H2,1-5H3,(H,35,39)/t27-/m1/s1. The van der Waals surface area contributed by atoms with E-state index in [-0.39, 0.29) is 18.7 Å². The molecule has 11 heteroatoms. The molecule has 0 aliphatic rings. The van der Waals surface area contributed by atoms with Crippen molar-refractivity contribution in [3.8, 4) is 0 Å². The summed E-state index contributed by atoms with van der Waals surface area (Å²) in [6, 6.07) is 19.1. The van der Waals surface area contributed by atoms with Gasteiger partial charge in [-0.1, -0.05) is 66.2 Å². The smallest absolute Gasteiger partial charge is 0.350 e. The largest absolute Gasteiger partial charge is 0.416 e. The summed E-state index contributed by atoms with van der Waals surface area (Å²) in [7, 11) is -4.20. The van der Waals surface area contributed by atoms with Crippen molar-refractivity contribution in [1.82, 2.24) is 10.2 Å². The number of hydrogen-bond acceptors (Lipinski definition) is 4. The van der Waals surface area contributed by atoms with Crippen LogP contribution in [-0.4, -0.2) is 49.5 Å². The number of aryl methyl sites for hydroxylation is 1. The monoisotopic (exact) mass is 603 g/mol. The van der Waals surface area contributed by atoms with Gasteiger partial charge in [-0.05, 0) is 57.0 Å². The van der Waals surface area contributed by atoms with Gasteiger partial charge in [0.1, 0.15) is 12.6 Å². The molecule has 0 bridgehead atoms. The maximum atomic E-state index is 14.1. The molecular formula is C31H36F3N3O4S. The summed E-state index contributed by atoms with van der Waals surface area (Å²) in [5.74, 6) is -1.19. The molecule has 0 saturated carbocycles. The van der Waals surface area contributed by atoms with E-state index in [0.29, 0.717) is 15.9 Å². The Morgan fingerprint density at radius 2 is 1.50 bits per heavy atom. The Balaban J connectivity index is 2.10. The van der Waals surface area contributed by atoms with Crippen molar-refractivity contribution < 1.29 is 31.2 Å². The van der Waals surface area contributed by atoms with Crippen LogP contribution in [0.25, 0.3) is 0 Å². The van der Waals surface area contributed by atoms with Gasteiger partial charge in [-0.25, -0.2) is 8.42 Å². The number of amides is 2. The van der Waals surface area contributed by atoms with Gasteiger partial charge in [0.2, 0.25) is 21.8 Å². The van der Waals surface area contributed by atoms with Gasteiger partial charge in [-0.15, -0.1) is 0 Å². The molecule has 0 aromatic heterocycles. The third kappa shape index (κ3) is 9.34. The van der Waals surface area contributed by atoms with Crippen molar-refractivity contribution in [3.05, 3.63) is 101 Å². The van der Waals surface area contributed by atoms with Gasteiger partial charge in [-0.2, -0.15) is 13.2 Å². The maximum Gasteiger partial charge on any atom is 0.416 e. The summed E-state index contributed by atoms with van der Waals surface area (Å²) in [4.78, 5) is 29.1. The van der Waals surface area contributed by atoms with Crippen LogP contribution in [0.2, 0.25) is 0 Å². The van der Waals surface area contributed by atoms with Crippen molar-refractivity contribution >= 4 is 27.5 Å². The number of alkyl halides is 3. The highest BCUT2D eigenvalue weighted by atomic mass is 32.2. The third-order valence-electron chi connectivity index (χ3n) is 6.35. The Hall–Kier alpha value is -3.86. The van der Waals surface area contributed by atoms with Crippen molar-refractivity contribution in [2.45, 2.75) is 58.4 Å². The second kappa shape index (κ2) is 13.0. The molecule has 3 aromatic carbocycles. The van der Waals surface area contributed by atoms with E-state index in [1.54, 1.807) is 45.0 Å². The number of hydrogen-bond donors (Lipinski definition) is 1. The number of anilines is 1. The average Bonchev–Trinajstić information content (AvgIpc) is 2.87. The molecule has 3 rings (SSSR count). The minimum absolute atomic E-state index is 0.0320. The van der Waals surface area contributed by atoms with Crippen LogP contribution in [0.5, 0.6) is 0 Å². The van der Waals surface area contributed by atoms with Crippen molar-refractivity contribution in [3.63, 3.8) is 0 Å². The molecule has 0 saturated heterocycles. The predicted octanol–water partition coefficient (Wildman–Crippen LogP) is 5.33. The molecule has 226 valence electrons. The third-order valence-corrected chi connectivity index (χ3v) is 7.49. The number of rotatable bonds is 10. The minimum atomic E-state index is -4.72. The lowest BCUT2D eigenvalue weighted by atomic mass is 10.0. The second-order valence-electron chi connectivity index (χ2n) is 11.3. The van der Waals surface area contributed by atoms with Gasteiger partial charge in [0.05, 0.1) is 17.5 Å². The molecule has 0 spiro atoms. The highest BCUT2D eigenvalue weighted by molar-refractivity contribution is 7.92. The lowest BCUT2D eigenvalue weighted by molar-refractivity contribution is -0.140. The van der Waals surface area contributed by atoms with E-state index < -0.39 is 51.7 Å².